The van der Waals surface area contributed by atoms with Gasteiger partial charge in [-0.2, -0.15) is 4.58 Å². The molecule has 3 aliphatic rings. The average molecular weight is 1040 g/mol. The molecule has 0 bridgehead atoms. The SMILES string of the molecule is C.COCCN1/C(=C/C=C/C=C/C=C/C2=[N+](CCCCCC(=O)ON3C(=O)CCC3=O)c3ccc(S(=O)(=O)[O-])cc3C2(C)CCCS(=O)(=O)[O-])C(C)(CCCS(=O)(=O)[O-])c2cc(S(=O)(=O)[O-])ccc21. The van der Waals surface area contributed by atoms with Gasteiger partial charge in [-0.3, -0.25) is 9.59 Å². The van der Waals surface area contributed by atoms with Crippen molar-refractivity contribution in [1.29, 1.82) is 0 Å². The van der Waals surface area contributed by atoms with E-state index in [0.717, 1.165) is 0 Å². The van der Waals surface area contributed by atoms with Gasteiger partial charge in [-0.15, -0.1) is 5.06 Å². The molecular formula is C45H56N3O17S4-3. The maximum Gasteiger partial charge on any atom is 0.333 e. The third-order valence-corrected chi connectivity index (χ3v) is 15.3. The number of amides is 2. The number of hydroxylamine groups is 2. The van der Waals surface area contributed by atoms with E-state index < -0.39 is 90.4 Å². The molecule has 3 heterocycles. The van der Waals surface area contributed by atoms with Gasteiger partial charge in [0.15, 0.2) is 5.71 Å². The predicted octanol–water partition coefficient (Wildman–Crippen LogP) is 4.28. The number of unbranched alkanes of at least 4 members (excludes halogenated alkanes) is 2. The van der Waals surface area contributed by atoms with Crippen molar-refractivity contribution in [2.24, 2.45) is 0 Å². The number of imide groups is 1. The second kappa shape index (κ2) is 22.9. The van der Waals surface area contributed by atoms with E-state index in [1.807, 2.05) is 9.48 Å². The number of carbonyl (C=O) groups excluding carboxylic acids is 3. The maximum absolute atomic E-state index is 12.4. The van der Waals surface area contributed by atoms with E-state index in [0.29, 0.717) is 64.8 Å². The lowest BCUT2D eigenvalue weighted by Crippen LogP contribution is -2.32. The van der Waals surface area contributed by atoms with Gasteiger partial charge >= 0.3 is 5.97 Å². The lowest BCUT2D eigenvalue weighted by Gasteiger charge is -2.30. The minimum Gasteiger partial charge on any atom is -0.748 e. The highest BCUT2D eigenvalue weighted by molar-refractivity contribution is 7.86. The summed E-state index contributed by atoms with van der Waals surface area (Å²) in [7, 11) is -17.5. The lowest BCUT2D eigenvalue weighted by atomic mass is 9.76. The number of rotatable bonds is 24. The molecule has 0 N–H and O–H groups in total. The normalized spacial score (nSPS) is 20.5. The van der Waals surface area contributed by atoms with Crippen LogP contribution in [-0.2, 0) is 75.3 Å². The summed E-state index contributed by atoms with van der Waals surface area (Å²) in [6.45, 7) is 4.31. The summed E-state index contributed by atoms with van der Waals surface area (Å²) in [5.74, 6) is -3.34. The van der Waals surface area contributed by atoms with Crippen LogP contribution in [0.5, 0.6) is 0 Å². The summed E-state index contributed by atoms with van der Waals surface area (Å²) in [6, 6.07) is 7.82. The first kappa shape index (κ1) is 56.7. The van der Waals surface area contributed by atoms with Crippen molar-refractivity contribution < 1.29 is 80.4 Å². The number of hydrogen-bond acceptors (Lipinski definition) is 18. The zero-order valence-electron chi connectivity index (χ0n) is 37.5. The van der Waals surface area contributed by atoms with E-state index in [1.165, 1.54) is 43.5 Å². The molecule has 5 rings (SSSR count). The van der Waals surface area contributed by atoms with Crippen LogP contribution in [0.15, 0.2) is 94.4 Å². The fraction of sp³-hybridized carbons (Fsp3) is 0.467. The van der Waals surface area contributed by atoms with E-state index in [-0.39, 0.29) is 65.5 Å². The van der Waals surface area contributed by atoms with Gasteiger partial charge in [0.1, 0.15) is 26.8 Å². The van der Waals surface area contributed by atoms with Crippen molar-refractivity contribution in [2.45, 2.75) is 106 Å². The van der Waals surface area contributed by atoms with Gasteiger partial charge in [-0.25, -0.2) is 38.5 Å². The van der Waals surface area contributed by atoms with Gasteiger partial charge in [0.2, 0.25) is 5.69 Å². The first-order valence-corrected chi connectivity index (χ1v) is 27.4. The molecular weight excluding hydrogens is 983 g/mol. The molecule has 0 aromatic heterocycles. The number of allylic oxidation sites excluding steroid dienone is 8. The molecule has 2 unspecified atom stereocenters. The summed E-state index contributed by atoms with van der Waals surface area (Å²) >= 11 is 0. The fourth-order valence-corrected chi connectivity index (χ4v) is 10.8. The van der Waals surface area contributed by atoms with Crippen molar-refractivity contribution in [3.8, 4) is 0 Å². The second-order valence-corrected chi connectivity index (χ2v) is 22.7. The Kier molecular flexibility index (Phi) is 18.8. The Labute approximate surface area is 404 Å². The summed E-state index contributed by atoms with van der Waals surface area (Å²) in [4.78, 5) is 41.9. The van der Waals surface area contributed by atoms with Crippen LogP contribution in [0.25, 0.3) is 0 Å². The molecule has 2 amide bonds. The molecule has 0 spiro atoms. The van der Waals surface area contributed by atoms with Gasteiger partial charge in [-0.1, -0.05) is 37.8 Å². The Balaban J connectivity index is 0.0000104. The van der Waals surface area contributed by atoms with Crippen LogP contribution in [0.2, 0.25) is 0 Å². The van der Waals surface area contributed by atoms with Crippen molar-refractivity contribution in [3.05, 3.63) is 95.8 Å². The van der Waals surface area contributed by atoms with E-state index in [1.54, 1.807) is 56.4 Å². The first-order valence-electron chi connectivity index (χ1n) is 21.5. The largest absolute Gasteiger partial charge is 0.748 e. The minimum absolute atomic E-state index is 0. The van der Waals surface area contributed by atoms with Crippen molar-refractivity contribution in [1.82, 2.24) is 5.06 Å². The third-order valence-electron chi connectivity index (χ3n) is 12.1. The quantitative estimate of drug-likeness (QED) is 0.0466. The van der Waals surface area contributed by atoms with Crippen LogP contribution in [0, 0.1) is 0 Å². The van der Waals surface area contributed by atoms with E-state index in [2.05, 4.69) is 0 Å². The second-order valence-electron chi connectivity index (χ2n) is 16.9. The van der Waals surface area contributed by atoms with Crippen molar-refractivity contribution in [3.63, 3.8) is 0 Å². The number of fused-ring (bicyclic) bond motifs is 2. The molecule has 3 aliphatic heterocycles. The maximum atomic E-state index is 12.4. The zero-order valence-corrected chi connectivity index (χ0v) is 40.8. The fourth-order valence-electron chi connectivity index (χ4n) is 8.78. The number of benzene rings is 2. The number of anilines is 1. The van der Waals surface area contributed by atoms with Crippen LogP contribution < -0.4 is 4.90 Å². The van der Waals surface area contributed by atoms with Crippen LogP contribution in [0.1, 0.15) is 96.6 Å². The third kappa shape index (κ3) is 14.3. The van der Waals surface area contributed by atoms with Gasteiger partial charge < -0.3 is 32.7 Å². The molecule has 380 valence electrons. The summed E-state index contributed by atoms with van der Waals surface area (Å²) < 4.78 is 150. The monoisotopic (exact) mass is 1040 g/mol. The Morgan fingerprint density at radius 3 is 1.86 bits per heavy atom. The number of methoxy groups -OCH3 is 1. The predicted molar refractivity (Wildman–Crippen MR) is 248 cm³/mol. The van der Waals surface area contributed by atoms with Crippen molar-refractivity contribution >= 4 is 75.3 Å². The van der Waals surface area contributed by atoms with E-state index in [9.17, 15) is 66.3 Å². The lowest BCUT2D eigenvalue weighted by molar-refractivity contribution is -0.438. The highest BCUT2D eigenvalue weighted by Crippen LogP contribution is 2.51. The smallest absolute Gasteiger partial charge is 0.333 e. The number of nitrogens with zero attached hydrogens (tertiary/aromatic N) is 3. The van der Waals surface area contributed by atoms with Crippen LogP contribution >= 0.6 is 0 Å². The van der Waals surface area contributed by atoms with E-state index >= 15 is 0 Å². The minimum atomic E-state index is -4.92. The molecule has 69 heavy (non-hydrogen) atoms. The van der Waals surface area contributed by atoms with Crippen LogP contribution in [-0.4, -0.2) is 123 Å². The standard InChI is InChI=1S/C44H55N3O17S4.CH4/c1-43(23-12-28-65(51,52)53)34-30-32(67(57,58)59)17-19-36(34)45(25-11-7-10-16-42(50)64-47-40(48)21-22-41(47)49)38(43)14-8-5-4-6-9-15-39-44(2,24-13-29-66(54,55)56)35-31-33(68(60,61)62)18-20-37(35)46(39)26-27-63-3;/h4-6,8-9,14-15,17-20,30-31H,7,10-13,16,21-29H2,1-3H3,(H3-,51,52,53,54,55,56,57,58,59,60,61,62);1H4/p-3. The van der Waals surface area contributed by atoms with Crippen LogP contribution in [0.4, 0.5) is 11.4 Å². The van der Waals surface area contributed by atoms with Gasteiger partial charge in [-0.05, 0) is 94.3 Å². The first-order chi connectivity index (χ1) is 31.7. The Morgan fingerprint density at radius 1 is 0.725 bits per heavy atom. The van der Waals surface area contributed by atoms with Gasteiger partial charge in [0, 0.05) is 85.3 Å². The summed E-state index contributed by atoms with van der Waals surface area (Å²) in [5.41, 5.74) is 0.938. The molecule has 0 aliphatic carbocycles. The van der Waals surface area contributed by atoms with Crippen LogP contribution in [0.3, 0.4) is 0 Å². The number of hydrogen-bond donors (Lipinski definition) is 0. The molecule has 2 aromatic carbocycles. The Morgan fingerprint density at radius 2 is 1.28 bits per heavy atom. The molecule has 2 aromatic rings. The Hall–Kier alpha value is -4.92. The molecule has 0 saturated carbocycles. The molecule has 2 atom stereocenters. The highest BCUT2D eigenvalue weighted by Gasteiger charge is 2.48. The van der Waals surface area contributed by atoms with Crippen molar-refractivity contribution in [2.75, 3.05) is 43.2 Å². The summed E-state index contributed by atoms with van der Waals surface area (Å²) in [5, 5.41) is 0.471. The Bertz CT molecular complexity index is 2890. The molecule has 24 heteroatoms. The molecule has 0 radical (unpaired) electrons. The van der Waals surface area contributed by atoms with E-state index in [4.69, 9.17) is 9.57 Å². The molecule has 1 saturated heterocycles. The summed E-state index contributed by atoms with van der Waals surface area (Å²) in [6.07, 6.45) is 12.8. The number of ether oxygens (including phenoxy) is 1. The average Bonchev–Trinajstić information content (AvgIpc) is 3.76. The number of carbonyl (C=O) groups is 3. The highest BCUT2D eigenvalue weighted by atomic mass is 32.2. The molecule has 20 nitrogen and oxygen atoms in total. The molecule has 1 fully saturated rings. The topological polar surface area (TPSA) is 308 Å². The zero-order chi connectivity index (χ0) is 50.3. The van der Waals surface area contributed by atoms with Gasteiger partial charge in [0.25, 0.3) is 11.8 Å². The van der Waals surface area contributed by atoms with Gasteiger partial charge in [0.05, 0.1) is 42.0 Å².